The molecule has 5 nitrogen and oxygen atoms in total. The first-order chi connectivity index (χ1) is 10.2. The fraction of sp³-hybridized carbons (Fsp3) is 0.125. The summed E-state index contributed by atoms with van der Waals surface area (Å²) in [5, 5.41) is 13.0. The molecular weight excluding hydrogens is 268 g/mol. The summed E-state index contributed by atoms with van der Waals surface area (Å²) in [7, 11) is 1.60. The standard InChI is InChI=1S/C16H16N2O3/c1-21-15-8-4-12(5-9-15)10-16(20)18-17-11-13-2-6-14(19)7-3-13/h2-9,11,19H,10H2,1H3,(H,18,20)/b17-11-. The van der Waals surface area contributed by atoms with Crippen molar-refractivity contribution >= 4 is 12.1 Å². The van der Waals surface area contributed by atoms with Crippen LogP contribution in [0.25, 0.3) is 0 Å². The topological polar surface area (TPSA) is 70.9 Å². The van der Waals surface area contributed by atoms with Crippen LogP contribution >= 0.6 is 0 Å². The Morgan fingerprint density at radius 2 is 1.86 bits per heavy atom. The lowest BCUT2D eigenvalue weighted by Crippen LogP contribution is -2.19. The van der Waals surface area contributed by atoms with Crippen LogP contribution in [0.15, 0.2) is 53.6 Å². The maximum Gasteiger partial charge on any atom is 0.244 e. The number of benzene rings is 2. The molecule has 0 aliphatic carbocycles. The van der Waals surface area contributed by atoms with Crippen molar-refractivity contribution in [1.29, 1.82) is 0 Å². The SMILES string of the molecule is COc1ccc(CC(=O)N/N=C\c2ccc(O)cc2)cc1. The molecule has 0 unspecified atom stereocenters. The lowest BCUT2D eigenvalue weighted by Gasteiger charge is -2.02. The highest BCUT2D eigenvalue weighted by molar-refractivity contribution is 5.83. The summed E-state index contributed by atoms with van der Waals surface area (Å²) < 4.78 is 5.05. The van der Waals surface area contributed by atoms with Crippen molar-refractivity contribution in [2.45, 2.75) is 6.42 Å². The average Bonchev–Trinajstić information content (AvgIpc) is 2.50. The molecule has 0 spiro atoms. The van der Waals surface area contributed by atoms with Gasteiger partial charge < -0.3 is 9.84 Å². The number of phenolic OH excluding ortho intramolecular Hbond substituents is 1. The van der Waals surface area contributed by atoms with Gasteiger partial charge in [-0.2, -0.15) is 5.10 Å². The highest BCUT2D eigenvalue weighted by Gasteiger charge is 2.02. The minimum absolute atomic E-state index is 0.190. The minimum Gasteiger partial charge on any atom is -0.508 e. The Labute approximate surface area is 122 Å². The van der Waals surface area contributed by atoms with E-state index in [4.69, 9.17) is 9.84 Å². The van der Waals surface area contributed by atoms with Crippen LogP contribution in [-0.2, 0) is 11.2 Å². The van der Waals surface area contributed by atoms with E-state index in [0.717, 1.165) is 16.9 Å². The molecule has 0 aromatic heterocycles. The van der Waals surface area contributed by atoms with Crippen LogP contribution in [-0.4, -0.2) is 24.3 Å². The summed E-state index contributed by atoms with van der Waals surface area (Å²) in [6.07, 6.45) is 1.77. The molecule has 0 bridgehead atoms. The summed E-state index contributed by atoms with van der Waals surface area (Å²) in [4.78, 5) is 11.7. The number of ether oxygens (including phenoxy) is 1. The molecular formula is C16H16N2O3. The van der Waals surface area contributed by atoms with E-state index in [2.05, 4.69) is 10.5 Å². The fourth-order valence-electron chi connectivity index (χ4n) is 1.71. The van der Waals surface area contributed by atoms with Gasteiger partial charge in [0.15, 0.2) is 0 Å². The van der Waals surface area contributed by atoms with Crippen molar-refractivity contribution < 1.29 is 14.6 Å². The molecule has 2 N–H and O–H groups in total. The number of amides is 1. The van der Waals surface area contributed by atoms with Crippen molar-refractivity contribution in [3.63, 3.8) is 0 Å². The zero-order valence-corrected chi connectivity index (χ0v) is 11.6. The molecule has 0 fully saturated rings. The normalized spacial score (nSPS) is 10.5. The quantitative estimate of drug-likeness (QED) is 0.652. The number of nitrogens with zero attached hydrogens (tertiary/aromatic N) is 1. The van der Waals surface area contributed by atoms with Crippen molar-refractivity contribution in [2.24, 2.45) is 5.10 Å². The number of phenols is 1. The fourth-order valence-corrected chi connectivity index (χ4v) is 1.71. The maximum atomic E-state index is 11.7. The first kappa shape index (κ1) is 14.6. The molecule has 0 heterocycles. The molecule has 0 aliphatic heterocycles. The number of carbonyl (C=O) groups is 1. The van der Waals surface area contributed by atoms with Crippen LogP contribution in [0.4, 0.5) is 0 Å². The summed E-state index contributed by atoms with van der Waals surface area (Å²) >= 11 is 0. The predicted octanol–water partition coefficient (Wildman–Crippen LogP) is 2.09. The molecule has 5 heteroatoms. The van der Waals surface area contributed by atoms with Gasteiger partial charge in [0.2, 0.25) is 5.91 Å². The van der Waals surface area contributed by atoms with Crippen LogP contribution in [0.3, 0.4) is 0 Å². The van der Waals surface area contributed by atoms with E-state index >= 15 is 0 Å². The smallest absolute Gasteiger partial charge is 0.244 e. The number of rotatable bonds is 5. The Balaban J connectivity index is 1.85. The Morgan fingerprint density at radius 3 is 2.48 bits per heavy atom. The van der Waals surface area contributed by atoms with Crippen molar-refractivity contribution in [3.8, 4) is 11.5 Å². The van der Waals surface area contributed by atoms with Crippen molar-refractivity contribution in [2.75, 3.05) is 7.11 Å². The van der Waals surface area contributed by atoms with Gasteiger partial charge in [0.1, 0.15) is 11.5 Å². The predicted molar refractivity (Wildman–Crippen MR) is 80.5 cm³/mol. The van der Waals surface area contributed by atoms with Crippen LogP contribution in [0.1, 0.15) is 11.1 Å². The molecule has 2 rings (SSSR count). The van der Waals surface area contributed by atoms with E-state index in [9.17, 15) is 4.79 Å². The van der Waals surface area contributed by atoms with Gasteiger partial charge >= 0.3 is 0 Å². The Hall–Kier alpha value is -2.82. The molecule has 0 radical (unpaired) electrons. The van der Waals surface area contributed by atoms with Crippen LogP contribution < -0.4 is 10.2 Å². The van der Waals surface area contributed by atoms with Gasteiger partial charge in [-0.1, -0.05) is 12.1 Å². The van der Waals surface area contributed by atoms with Gasteiger partial charge in [0.05, 0.1) is 19.7 Å². The Bertz CT molecular complexity index is 619. The van der Waals surface area contributed by atoms with E-state index in [1.807, 2.05) is 24.3 Å². The van der Waals surface area contributed by atoms with Gasteiger partial charge in [0, 0.05) is 0 Å². The monoisotopic (exact) mass is 284 g/mol. The van der Waals surface area contributed by atoms with Gasteiger partial charge in [-0.25, -0.2) is 5.43 Å². The lowest BCUT2D eigenvalue weighted by atomic mass is 10.1. The highest BCUT2D eigenvalue weighted by atomic mass is 16.5. The minimum atomic E-state index is -0.199. The van der Waals surface area contributed by atoms with Gasteiger partial charge in [0.25, 0.3) is 0 Å². The molecule has 0 saturated carbocycles. The number of methoxy groups -OCH3 is 1. The van der Waals surface area contributed by atoms with Crippen molar-refractivity contribution in [1.82, 2.24) is 5.43 Å². The number of hydrazone groups is 1. The van der Waals surface area contributed by atoms with Gasteiger partial charge in [-0.3, -0.25) is 4.79 Å². The second-order valence-corrected chi connectivity index (χ2v) is 4.41. The number of aromatic hydroxyl groups is 1. The average molecular weight is 284 g/mol. The third-order valence-electron chi connectivity index (χ3n) is 2.82. The second-order valence-electron chi connectivity index (χ2n) is 4.41. The van der Waals surface area contributed by atoms with Crippen LogP contribution in [0.5, 0.6) is 11.5 Å². The number of hydrogen-bond acceptors (Lipinski definition) is 4. The maximum absolute atomic E-state index is 11.7. The second kappa shape index (κ2) is 7.09. The van der Waals surface area contributed by atoms with Crippen molar-refractivity contribution in [3.05, 3.63) is 59.7 Å². The Kier molecular flexibility index (Phi) is 4.93. The third-order valence-corrected chi connectivity index (χ3v) is 2.82. The summed E-state index contributed by atoms with van der Waals surface area (Å²) in [5.41, 5.74) is 4.13. The lowest BCUT2D eigenvalue weighted by molar-refractivity contribution is -0.120. The first-order valence-electron chi connectivity index (χ1n) is 6.41. The summed E-state index contributed by atoms with van der Waals surface area (Å²) in [6.45, 7) is 0. The highest BCUT2D eigenvalue weighted by Crippen LogP contribution is 2.11. The van der Waals surface area contributed by atoms with E-state index in [-0.39, 0.29) is 18.1 Å². The van der Waals surface area contributed by atoms with Crippen LogP contribution in [0, 0.1) is 0 Å². The molecule has 2 aromatic rings. The van der Waals surface area contributed by atoms with E-state index < -0.39 is 0 Å². The number of nitrogens with one attached hydrogen (secondary N) is 1. The summed E-state index contributed by atoms with van der Waals surface area (Å²) in [5.74, 6) is 0.746. The largest absolute Gasteiger partial charge is 0.508 e. The Morgan fingerprint density at radius 1 is 1.19 bits per heavy atom. The molecule has 0 aliphatic rings. The molecule has 21 heavy (non-hydrogen) atoms. The molecule has 0 saturated heterocycles. The van der Waals surface area contributed by atoms with Crippen LogP contribution in [0.2, 0.25) is 0 Å². The molecule has 108 valence electrons. The third kappa shape index (κ3) is 4.65. The molecule has 0 atom stereocenters. The zero-order chi connectivity index (χ0) is 15.1. The van der Waals surface area contributed by atoms with E-state index in [0.29, 0.717) is 0 Å². The first-order valence-corrected chi connectivity index (χ1v) is 6.41. The number of hydrogen-bond donors (Lipinski definition) is 2. The van der Waals surface area contributed by atoms with E-state index in [1.165, 1.54) is 6.21 Å². The van der Waals surface area contributed by atoms with E-state index in [1.54, 1.807) is 31.4 Å². The van der Waals surface area contributed by atoms with Gasteiger partial charge in [-0.05, 0) is 47.5 Å². The molecule has 1 amide bonds. The molecule has 2 aromatic carbocycles. The zero-order valence-electron chi connectivity index (χ0n) is 11.6. The summed E-state index contributed by atoms with van der Waals surface area (Å²) in [6, 6.07) is 13.8. The number of carbonyl (C=O) groups excluding carboxylic acids is 1. The van der Waals surface area contributed by atoms with Gasteiger partial charge in [-0.15, -0.1) is 0 Å².